The van der Waals surface area contributed by atoms with Gasteiger partial charge in [0.25, 0.3) is 0 Å². The zero-order valence-electron chi connectivity index (χ0n) is 37.0. The van der Waals surface area contributed by atoms with Crippen LogP contribution in [0.1, 0.15) is 25.0 Å². The summed E-state index contributed by atoms with van der Waals surface area (Å²) in [5.74, 6) is 0. The molecule has 0 saturated heterocycles. The fraction of sp³-hybridized carbons (Fsp3) is 0.0476. The topological polar surface area (TPSA) is 21.3 Å². The summed E-state index contributed by atoms with van der Waals surface area (Å²) in [6.07, 6.45) is 0. The molecule has 0 bridgehead atoms. The summed E-state index contributed by atoms with van der Waals surface area (Å²) in [5, 5.41) is 7.14. The van der Waals surface area contributed by atoms with Crippen molar-refractivity contribution in [2.24, 2.45) is 0 Å². The molecule has 3 nitrogen and oxygen atoms in total. The smallest absolute Gasteiger partial charge is 0.145 e. The molecule has 10 aromatic carbocycles. The molecule has 0 unspecified atom stereocenters. The maximum Gasteiger partial charge on any atom is 0.145 e. The lowest BCUT2D eigenvalue weighted by Crippen LogP contribution is -2.15. The summed E-state index contributed by atoms with van der Waals surface area (Å²) >= 11 is 1.85. The highest BCUT2D eigenvalue weighted by Gasteiger charge is 2.36. The van der Waals surface area contributed by atoms with E-state index < -0.39 is 0 Å². The highest BCUT2D eigenvalue weighted by Crippen LogP contribution is 2.53. The number of nitrogens with zero attached hydrogens (tertiary/aromatic N) is 2. The maximum atomic E-state index is 7.15. The van der Waals surface area contributed by atoms with E-state index in [0.29, 0.717) is 0 Å². The van der Waals surface area contributed by atoms with Crippen molar-refractivity contribution in [3.8, 4) is 39.1 Å². The summed E-state index contributed by atoms with van der Waals surface area (Å²) in [6, 6.07) is 80.3. The van der Waals surface area contributed by atoms with Gasteiger partial charge >= 0.3 is 0 Å². The van der Waals surface area contributed by atoms with Crippen LogP contribution in [0, 0.1) is 0 Å². The second kappa shape index (κ2) is 14.4. The number of furan rings is 1. The first-order valence-corrected chi connectivity index (χ1v) is 23.9. The molecule has 0 fully saturated rings. The molecule has 0 amide bonds. The molecule has 1 aliphatic rings. The Morgan fingerprint density at radius 3 is 1.88 bits per heavy atom. The van der Waals surface area contributed by atoms with Gasteiger partial charge in [-0.05, 0) is 101 Å². The van der Waals surface area contributed by atoms with Gasteiger partial charge < -0.3 is 13.9 Å². The van der Waals surface area contributed by atoms with E-state index >= 15 is 0 Å². The van der Waals surface area contributed by atoms with Gasteiger partial charge in [-0.1, -0.05) is 159 Å². The van der Waals surface area contributed by atoms with Crippen LogP contribution in [0.5, 0.6) is 0 Å². The third-order valence-electron chi connectivity index (χ3n) is 14.4. The maximum absolute atomic E-state index is 7.15. The molecule has 0 saturated carbocycles. The zero-order valence-corrected chi connectivity index (χ0v) is 37.8. The molecule has 0 radical (unpaired) electrons. The number of hydrogen-bond donors (Lipinski definition) is 0. The predicted molar refractivity (Wildman–Crippen MR) is 284 cm³/mol. The van der Waals surface area contributed by atoms with Gasteiger partial charge in [0.05, 0.1) is 33.7 Å². The van der Waals surface area contributed by atoms with Crippen LogP contribution in [0.2, 0.25) is 0 Å². The lowest BCUT2D eigenvalue weighted by atomic mass is 9.81. The Hall–Kier alpha value is -8.18. The number of fused-ring (bicyclic) bond motifs is 12. The first-order valence-electron chi connectivity index (χ1n) is 23.1. The first kappa shape index (κ1) is 38.1. The van der Waals surface area contributed by atoms with Crippen molar-refractivity contribution in [1.82, 2.24) is 4.57 Å². The molecule has 0 atom stereocenters. The molecule has 13 aromatic rings. The van der Waals surface area contributed by atoms with E-state index in [0.717, 1.165) is 72.4 Å². The molecule has 0 aliphatic heterocycles. The van der Waals surface area contributed by atoms with E-state index in [9.17, 15) is 0 Å². The van der Waals surface area contributed by atoms with Crippen molar-refractivity contribution in [3.63, 3.8) is 0 Å². The lowest BCUT2D eigenvalue weighted by Gasteiger charge is -2.31. The number of thiophene rings is 1. The SMILES string of the molecule is CC1(C)c2ccccc2-c2ccc(-c3ccccc3N(c3ccc4sc5ccccc5c4c3)c3ccc4c(oc5ccccc54)c3-c3ccccc3-n3c4ccccc4c4ccccc43)cc21. The van der Waals surface area contributed by atoms with Gasteiger partial charge in [-0.25, -0.2) is 0 Å². The Labute approximate surface area is 392 Å². The van der Waals surface area contributed by atoms with E-state index in [1.165, 1.54) is 58.8 Å². The Morgan fingerprint density at radius 2 is 1.06 bits per heavy atom. The molecule has 0 N–H and O–H groups in total. The van der Waals surface area contributed by atoms with Crippen molar-refractivity contribution in [2.75, 3.05) is 4.90 Å². The van der Waals surface area contributed by atoms with Crippen LogP contribution in [0.4, 0.5) is 17.1 Å². The summed E-state index contributed by atoms with van der Waals surface area (Å²) in [6.45, 7) is 4.73. The van der Waals surface area contributed by atoms with E-state index in [1.807, 2.05) is 11.3 Å². The Morgan fingerprint density at radius 1 is 0.433 bits per heavy atom. The Bertz CT molecular complexity index is 4110. The van der Waals surface area contributed by atoms with E-state index in [2.05, 4.69) is 242 Å². The normalized spacial score (nSPS) is 13.0. The van der Waals surface area contributed by atoms with Crippen LogP contribution in [0.25, 0.3) is 103 Å². The van der Waals surface area contributed by atoms with Gasteiger partial charge in [0, 0.05) is 63.9 Å². The number of para-hydroxylation sites is 5. The second-order valence-corrected chi connectivity index (χ2v) is 19.5. The van der Waals surface area contributed by atoms with Crippen LogP contribution < -0.4 is 4.90 Å². The van der Waals surface area contributed by atoms with Crippen LogP contribution in [0.3, 0.4) is 0 Å². The summed E-state index contributed by atoms with van der Waals surface area (Å²) in [4.78, 5) is 2.50. The van der Waals surface area contributed by atoms with E-state index in [1.54, 1.807) is 0 Å². The molecule has 14 rings (SSSR count). The third-order valence-corrected chi connectivity index (χ3v) is 15.6. The molecular weight excluding hydrogens is 833 g/mol. The largest absolute Gasteiger partial charge is 0.455 e. The Kier molecular flexibility index (Phi) is 8.20. The zero-order chi connectivity index (χ0) is 44.4. The van der Waals surface area contributed by atoms with Crippen LogP contribution >= 0.6 is 11.3 Å². The van der Waals surface area contributed by atoms with Gasteiger partial charge in [-0.2, -0.15) is 0 Å². The standard InChI is InChI=1S/C63H42N2OS/c1-63(2)51-24-10-3-18-42(51)43-33-31-39(37-52(43)63)41-17-4-11-25-53(41)64(40-32-36-60-50(38-40)47-22-9-16-30-59(47)67-60)57-35-34-48-46-21-8-15-29-58(46)66-62(48)61(57)49-23-7-14-28-56(49)65-54-26-12-5-19-44(54)45-20-6-13-27-55(45)65/h3-38H,1-2H3. The lowest BCUT2D eigenvalue weighted by molar-refractivity contribution is 0.660. The van der Waals surface area contributed by atoms with Gasteiger partial charge in [0.1, 0.15) is 11.2 Å². The van der Waals surface area contributed by atoms with Gasteiger partial charge in [-0.15, -0.1) is 11.3 Å². The quantitative estimate of drug-likeness (QED) is 0.166. The molecule has 3 aromatic heterocycles. The minimum Gasteiger partial charge on any atom is -0.455 e. The number of hydrogen-bond acceptors (Lipinski definition) is 3. The van der Waals surface area contributed by atoms with Gasteiger partial charge in [0.2, 0.25) is 0 Å². The van der Waals surface area contributed by atoms with Crippen LogP contribution in [-0.4, -0.2) is 4.57 Å². The fourth-order valence-electron chi connectivity index (χ4n) is 11.3. The minimum atomic E-state index is -0.141. The molecular formula is C63H42N2OS. The minimum absolute atomic E-state index is 0.141. The molecule has 0 spiro atoms. The van der Waals surface area contributed by atoms with Crippen LogP contribution in [-0.2, 0) is 5.41 Å². The van der Waals surface area contributed by atoms with Gasteiger partial charge in [-0.3, -0.25) is 0 Å². The predicted octanol–water partition coefficient (Wildman–Crippen LogP) is 18.2. The van der Waals surface area contributed by atoms with Crippen molar-refractivity contribution in [2.45, 2.75) is 19.3 Å². The van der Waals surface area contributed by atoms with Crippen molar-refractivity contribution in [3.05, 3.63) is 230 Å². The third kappa shape index (κ3) is 5.57. The van der Waals surface area contributed by atoms with E-state index in [4.69, 9.17) is 4.42 Å². The fourth-order valence-corrected chi connectivity index (χ4v) is 12.4. The molecule has 316 valence electrons. The van der Waals surface area contributed by atoms with Crippen LogP contribution in [0.15, 0.2) is 223 Å². The molecule has 3 heterocycles. The van der Waals surface area contributed by atoms with Crippen molar-refractivity contribution >= 4 is 92.3 Å². The number of aromatic nitrogens is 1. The van der Waals surface area contributed by atoms with Crippen molar-refractivity contribution in [1.29, 1.82) is 0 Å². The second-order valence-electron chi connectivity index (χ2n) is 18.4. The highest BCUT2D eigenvalue weighted by atomic mass is 32.1. The molecule has 1 aliphatic carbocycles. The monoisotopic (exact) mass is 874 g/mol. The Balaban J connectivity index is 1.09. The van der Waals surface area contributed by atoms with E-state index in [-0.39, 0.29) is 5.41 Å². The first-order chi connectivity index (χ1) is 33.0. The number of benzene rings is 10. The molecule has 4 heteroatoms. The average molecular weight is 875 g/mol. The molecule has 67 heavy (non-hydrogen) atoms. The summed E-state index contributed by atoms with van der Waals surface area (Å²) < 4.78 is 12.1. The van der Waals surface area contributed by atoms with Gasteiger partial charge in [0.15, 0.2) is 0 Å². The highest BCUT2D eigenvalue weighted by molar-refractivity contribution is 7.25. The number of anilines is 3. The summed E-state index contributed by atoms with van der Waals surface area (Å²) in [5.41, 5.74) is 18.0. The van der Waals surface area contributed by atoms with Crippen molar-refractivity contribution < 1.29 is 4.42 Å². The average Bonchev–Trinajstić information content (AvgIpc) is 4.11. The summed E-state index contributed by atoms with van der Waals surface area (Å²) in [7, 11) is 0. The number of rotatable bonds is 6.